The van der Waals surface area contributed by atoms with Gasteiger partial charge in [-0.15, -0.1) is 0 Å². The molecule has 126 valence electrons. The van der Waals surface area contributed by atoms with Crippen LogP contribution in [-0.4, -0.2) is 22.6 Å². The van der Waals surface area contributed by atoms with Crippen molar-refractivity contribution < 1.29 is 9.53 Å². The zero-order valence-corrected chi connectivity index (χ0v) is 17.0. The molecule has 0 aliphatic carbocycles. The van der Waals surface area contributed by atoms with Crippen molar-refractivity contribution >= 4 is 60.9 Å². The van der Waals surface area contributed by atoms with Gasteiger partial charge in [0, 0.05) is 10.0 Å². The number of benzene rings is 1. The zero-order chi connectivity index (χ0) is 17.7. The fourth-order valence-electron chi connectivity index (χ4n) is 1.85. The molecule has 1 aromatic carbocycles. The first-order valence-electron chi connectivity index (χ1n) is 7.08. The molecule has 2 rings (SSSR count). The second kappa shape index (κ2) is 8.55. The van der Waals surface area contributed by atoms with E-state index in [0.717, 1.165) is 10.2 Å². The van der Waals surface area contributed by atoms with E-state index in [4.69, 9.17) is 17.0 Å². The fraction of sp³-hybridized carbons (Fsp3) is 0.188. The molecule has 0 spiro atoms. The Hall–Kier alpha value is -1.51. The van der Waals surface area contributed by atoms with Gasteiger partial charge >= 0.3 is 0 Å². The number of anilines is 1. The SMILES string of the molecule is CCOc1ccc(C(=O)NC(=S)Nc2ccc(Br)c(C)n2)cc1Br. The minimum atomic E-state index is -0.315. The first-order chi connectivity index (χ1) is 11.4. The Labute approximate surface area is 162 Å². The maximum absolute atomic E-state index is 12.3. The van der Waals surface area contributed by atoms with Crippen molar-refractivity contribution in [1.82, 2.24) is 10.3 Å². The standard InChI is InChI=1S/C16H15Br2N3O2S/c1-3-23-13-6-4-10(8-12(13)18)15(22)21-16(24)20-14-7-5-11(17)9(2)19-14/h4-8H,3H2,1-2H3,(H2,19,20,21,22,24). The summed E-state index contributed by atoms with van der Waals surface area (Å²) in [5.41, 5.74) is 1.29. The molecule has 2 aromatic rings. The highest BCUT2D eigenvalue weighted by Gasteiger charge is 2.11. The van der Waals surface area contributed by atoms with Gasteiger partial charge in [-0.1, -0.05) is 0 Å². The normalized spacial score (nSPS) is 10.2. The number of thiocarbonyl (C=S) groups is 1. The van der Waals surface area contributed by atoms with Crippen molar-refractivity contribution in [1.29, 1.82) is 0 Å². The van der Waals surface area contributed by atoms with Crippen LogP contribution in [0.1, 0.15) is 23.0 Å². The summed E-state index contributed by atoms with van der Waals surface area (Å²) in [4.78, 5) is 16.6. The van der Waals surface area contributed by atoms with Gasteiger partial charge in [0.2, 0.25) is 0 Å². The number of hydrogen-bond donors (Lipinski definition) is 2. The molecular weight excluding hydrogens is 458 g/mol. The maximum Gasteiger partial charge on any atom is 0.257 e. The van der Waals surface area contributed by atoms with Crippen molar-refractivity contribution in [3.8, 4) is 5.75 Å². The molecule has 8 heteroatoms. The highest BCUT2D eigenvalue weighted by atomic mass is 79.9. The molecule has 0 atom stereocenters. The Morgan fingerprint density at radius 2 is 2.00 bits per heavy atom. The lowest BCUT2D eigenvalue weighted by Gasteiger charge is -2.11. The largest absolute Gasteiger partial charge is 0.493 e. The van der Waals surface area contributed by atoms with E-state index in [9.17, 15) is 4.79 Å². The summed E-state index contributed by atoms with van der Waals surface area (Å²) in [6, 6.07) is 8.72. The molecule has 0 saturated heterocycles. The number of halogens is 2. The Bertz CT molecular complexity index is 784. The summed E-state index contributed by atoms with van der Waals surface area (Å²) in [5, 5.41) is 5.69. The van der Waals surface area contributed by atoms with Crippen LogP contribution in [-0.2, 0) is 0 Å². The molecule has 0 saturated carbocycles. The summed E-state index contributed by atoms with van der Waals surface area (Å²) < 4.78 is 7.04. The van der Waals surface area contributed by atoms with Gasteiger partial charge in [0.1, 0.15) is 11.6 Å². The summed E-state index contributed by atoms with van der Waals surface area (Å²) in [6.07, 6.45) is 0. The molecule has 0 unspecified atom stereocenters. The minimum absolute atomic E-state index is 0.180. The van der Waals surface area contributed by atoms with Crippen LogP contribution < -0.4 is 15.4 Å². The van der Waals surface area contributed by atoms with E-state index in [1.165, 1.54) is 0 Å². The van der Waals surface area contributed by atoms with Crippen molar-refractivity contribution in [2.75, 3.05) is 11.9 Å². The van der Waals surface area contributed by atoms with Crippen LogP contribution in [0.4, 0.5) is 5.82 Å². The van der Waals surface area contributed by atoms with E-state index in [0.29, 0.717) is 28.2 Å². The van der Waals surface area contributed by atoms with Gasteiger partial charge < -0.3 is 10.1 Å². The van der Waals surface area contributed by atoms with E-state index < -0.39 is 0 Å². The molecule has 0 bridgehead atoms. The maximum atomic E-state index is 12.3. The number of nitrogens with zero attached hydrogens (tertiary/aromatic N) is 1. The van der Waals surface area contributed by atoms with Gasteiger partial charge in [-0.25, -0.2) is 4.98 Å². The van der Waals surface area contributed by atoms with Gasteiger partial charge in [-0.2, -0.15) is 0 Å². The van der Waals surface area contributed by atoms with Crippen LogP contribution >= 0.6 is 44.1 Å². The molecular formula is C16H15Br2N3O2S. The van der Waals surface area contributed by atoms with Crippen LogP contribution in [0, 0.1) is 6.92 Å². The Morgan fingerprint density at radius 3 is 2.62 bits per heavy atom. The van der Waals surface area contributed by atoms with Crippen LogP contribution in [0.3, 0.4) is 0 Å². The lowest BCUT2D eigenvalue weighted by molar-refractivity contribution is 0.0977. The minimum Gasteiger partial charge on any atom is -0.493 e. The van der Waals surface area contributed by atoms with Crippen molar-refractivity contribution in [2.24, 2.45) is 0 Å². The van der Waals surface area contributed by atoms with E-state index >= 15 is 0 Å². The molecule has 1 aromatic heterocycles. The van der Waals surface area contributed by atoms with Gasteiger partial charge in [-0.05, 0) is 88.3 Å². The number of aryl methyl sites for hydroxylation is 1. The summed E-state index contributed by atoms with van der Waals surface area (Å²) in [6.45, 7) is 4.32. The Kier molecular flexibility index (Phi) is 6.70. The number of rotatable bonds is 4. The first kappa shape index (κ1) is 18.8. The molecule has 1 amide bonds. The lowest BCUT2D eigenvalue weighted by Crippen LogP contribution is -2.34. The number of amides is 1. The second-order valence-corrected chi connectivity index (χ2v) is 6.87. The summed E-state index contributed by atoms with van der Waals surface area (Å²) in [5.74, 6) is 0.934. The predicted octanol–water partition coefficient (Wildman–Crippen LogP) is 4.44. The number of carbonyl (C=O) groups excluding carboxylic acids is 1. The molecule has 0 aliphatic rings. The highest BCUT2D eigenvalue weighted by molar-refractivity contribution is 9.10. The lowest BCUT2D eigenvalue weighted by atomic mass is 10.2. The first-order valence-corrected chi connectivity index (χ1v) is 9.08. The number of ether oxygens (including phenoxy) is 1. The van der Waals surface area contributed by atoms with E-state index in [1.807, 2.05) is 19.9 Å². The predicted molar refractivity (Wildman–Crippen MR) is 106 cm³/mol. The highest BCUT2D eigenvalue weighted by Crippen LogP contribution is 2.26. The van der Waals surface area contributed by atoms with Gasteiger partial charge in [0.05, 0.1) is 16.8 Å². The number of nitrogens with one attached hydrogen (secondary N) is 2. The van der Waals surface area contributed by atoms with E-state index in [-0.39, 0.29) is 11.0 Å². The molecule has 0 radical (unpaired) electrons. The van der Waals surface area contributed by atoms with Crippen LogP contribution in [0.5, 0.6) is 5.75 Å². The van der Waals surface area contributed by atoms with E-state index in [1.54, 1.807) is 24.3 Å². The number of aromatic nitrogens is 1. The number of hydrogen-bond acceptors (Lipinski definition) is 4. The summed E-state index contributed by atoms with van der Waals surface area (Å²) in [7, 11) is 0. The van der Waals surface area contributed by atoms with Gasteiger partial charge in [-0.3, -0.25) is 10.1 Å². The molecule has 1 heterocycles. The van der Waals surface area contributed by atoms with Gasteiger partial charge in [0.15, 0.2) is 5.11 Å². The van der Waals surface area contributed by atoms with Crippen LogP contribution in [0.15, 0.2) is 39.3 Å². The summed E-state index contributed by atoms with van der Waals surface area (Å²) >= 11 is 11.9. The van der Waals surface area contributed by atoms with Crippen LogP contribution in [0.2, 0.25) is 0 Å². The quantitative estimate of drug-likeness (QED) is 0.644. The molecule has 0 fully saturated rings. The third-order valence-corrected chi connectivity index (χ3v) is 4.65. The second-order valence-electron chi connectivity index (χ2n) is 4.75. The average Bonchev–Trinajstić information content (AvgIpc) is 2.53. The van der Waals surface area contributed by atoms with Crippen LogP contribution in [0.25, 0.3) is 0 Å². The smallest absolute Gasteiger partial charge is 0.257 e. The van der Waals surface area contributed by atoms with Crippen molar-refractivity contribution in [2.45, 2.75) is 13.8 Å². The topological polar surface area (TPSA) is 63.2 Å². The van der Waals surface area contributed by atoms with Gasteiger partial charge in [0.25, 0.3) is 5.91 Å². The molecule has 24 heavy (non-hydrogen) atoms. The average molecular weight is 473 g/mol. The Morgan fingerprint density at radius 1 is 1.25 bits per heavy atom. The van der Waals surface area contributed by atoms with Crippen molar-refractivity contribution in [3.63, 3.8) is 0 Å². The third kappa shape index (κ3) is 4.99. The third-order valence-electron chi connectivity index (χ3n) is 2.98. The Balaban J connectivity index is 2.02. The zero-order valence-electron chi connectivity index (χ0n) is 13.0. The number of pyridine rings is 1. The molecule has 2 N–H and O–H groups in total. The molecule has 0 aliphatic heterocycles. The monoisotopic (exact) mass is 471 g/mol. The van der Waals surface area contributed by atoms with Crippen molar-refractivity contribution in [3.05, 3.63) is 50.5 Å². The van der Waals surface area contributed by atoms with E-state index in [2.05, 4.69) is 47.5 Å². The fourth-order valence-corrected chi connectivity index (χ4v) is 2.76. The number of carbonyl (C=O) groups is 1. The molecule has 5 nitrogen and oxygen atoms in total.